The summed E-state index contributed by atoms with van der Waals surface area (Å²) in [5, 5.41) is 4.26. The summed E-state index contributed by atoms with van der Waals surface area (Å²) in [6, 6.07) is 7.45. The van der Waals surface area contributed by atoms with E-state index in [1.165, 1.54) is 16.2 Å². The minimum Gasteiger partial charge on any atom is -0.390 e. The van der Waals surface area contributed by atoms with Gasteiger partial charge in [0.15, 0.2) is 0 Å². The molecule has 0 unspecified atom stereocenters. The van der Waals surface area contributed by atoms with Crippen LogP contribution in [0.4, 0.5) is 5.00 Å². The van der Waals surface area contributed by atoms with E-state index in [-0.39, 0.29) is 5.91 Å². The summed E-state index contributed by atoms with van der Waals surface area (Å²) in [5.41, 5.74) is 8.88. The van der Waals surface area contributed by atoms with Crippen LogP contribution in [-0.4, -0.2) is 24.4 Å². The Labute approximate surface area is 138 Å². The predicted octanol–water partition coefficient (Wildman–Crippen LogP) is 2.90. The van der Waals surface area contributed by atoms with E-state index < -0.39 is 0 Å². The van der Waals surface area contributed by atoms with Gasteiger partial charge in [-0.2, -0.15) is 0 Å². The molecule has 1 aromatic heterocycles. The summed E-state index contributed by atoms with van der Waals surface area (Å²) < 4.78 is 0. The van der Waals surface area contributed by atoms with Gasteiger partial charge in [0.05, 0.1) is 10.6 Å². The van der Waals surface area contributed by atoms with Crippen molar-refractivity contribution in [2.24, 2.45) is 0 Å². The zero-order chi connectivity index (χ0) is 15.7. The van der Waals surface area contributed by atoms with Crippen LogP contribution in [0.3, 0.4) is 0 Å². The number of thiophene rings is 1. The smallest absolute Gasteiger partial charge is 0.254 e. The Hall–Kier alpha value is -1.56. The standard InChI is InChI=1S/C16H18ClN3OS/c1-20-7-6-12-13(9-20)22-15(18)14(12)16(21)19-8-10-2-4-11(17)5-3-10/h2-5H,6-9,18H2,1H3,(H,19,21). The summed E-state index contributed by atoms with van der Waals surface area (Å²) in [7, 11) is 2.08. The molecule has 2 aromatic rings. The molecule has 6 heteroatoms. The van der Waals surface area contributed by atoms with Gasteiger partial charge < -0.3 is 16.0 Å². The molecule has 0 saturated carbocycles. The summed E-state index contributed by atoms with van der Waals surface area (Å²) >= 11 is 7.39. The van der Waals surface area contributed by atoms with Gasteiger partial charge in [0.1, 0.15) is 0 Å². The van der Waals surface area contributed by atoms with E-state index in [0.717, 1.165) is 30.6 Å². The lowest BCUT2D eigenvalue weighted by Crippen LogP contribution is -2.28. The number of hydrogen-bond donors (Lipinski definition) is 2. The van der Waals surface area contributed by atoms with Crippen molar-refractivity contribution in [3.63, 3.8) is 0 Å². The van der Waals surface area contributed by atoms with Crippen LogP contribution in [0.2, 0.25) is 5.02 Å². The van der Waals surface area contributed by atoms with E-state index in [2.05, 4.69) is 17.3 Å². The Balaban J connectivity index is 1.74. The number of nitrogens with zero attached hydrogens (tertiary/aromatic N) is 1. The van der Waals surface area contributed by atoms with Crippen LogP contribution >= 0.6 is 22.9 Å². The maximum atomic E-state index is 12.5. The number of rotatable bonds is 3. The minimum absolute atomic E-state index is 0.0884. The third-order valence-electron chi connectivity index (χ3n) is 3.87. The predicted molar refractivity (Wildman–Crippen MR) is 91.4 cm³/mol. The maximum Gasteiger partial charge on any atom is 0.254 e. The molecule has 1 amide bonds. The molecule has 3 rings (SSSR count). The zero-order valence-corrected chi connectivity index (χ0v) is 13.9. The van der Waals surface area contributed by atoms with Gasteiger partial charge >= 0.3 is 0 Å². The number of benzene rings is 1. The quantitative estimate of drug-likeness (QED) is 0.906. The van der Waals surface area contributed by atoms with Crippen LogP contribution in [0.1, 0.15) is 26.4 Å². The molecule has 0 bridgehead atoms. The average Bonchev–Trinajstić information content (AvgIpc) is 2.81. The Kier molecular flexibility index (Phi) is 4.38. The molecule has 4 nitrogen and oxygen atoms in total. The Bertz CT molecular complexity index is 696. The first-order chi connectivity index (χ1) is 10.5. The fourth-order valence-electron chi connectivity index (χ4n) is 2.67. The highest BCUT2D eigenvalue weighted by Crippen LogP contribution is 2.34. The molecule has 0 spiro atoms. The minimum atomic E-state index is -0.0884. The summed E-state index contributed by atoms with van der Waals surface area (Å²) in [5.74, 6) is -0.0884. The van der Waals surface area contributed by atoms with Crippen molar-refractivity contribution in [1.29, 1.82) is 0 Å². The number of likely N-dealkylation sites (N-methyl/N-ethyl adjacent to an activating group) is 1. The summed E-state index contributed by atoms with van der Waals surface area (Å²) in [4.78, 5) is 16.0. The molecule has 0 aliphatic carbocycles. The average molecular weight is 336 g/mol. The maximum absolute atomic E-state index is 12.5. The Morgan fingerprint density at radius 1 is 1.41 bits per heavy atom. The number of halogens is 1. The van der Waals surface area contributed by atoms with Gasteiger partial charge in [0.2, 0.25) is 0 Å². The van der Waals surface area contributed by atoms with E-state index in [9.17, 15) is 4.79 Å². The number of carbonyl (C=O) groups is 1. The van der Waals surface area contributed by atoms with Gasteiger partial charge in [-0.15, -0.1) is 11.3 Å². The fraction of sp³-hybridized carbons (Fsp3) is 0.312. The Morgan fingerprint density at radius 2 is 2.14 bits per heavy atom. The van der Waals surface area contributed by atoms with Gasteiger partial charge in [-0.05, 0) is 36.7 Å². The first kappa shape index (κ1) is 15.3. The molecule has 0 saturated heterocycles. The van der Waals surface area contributed by atoms with Crippen LogP contribution in [0.25, 0.3) is 0 Å². The second kappa shape index (κ2) is 6.28. The van der Waals surface area contributed by atoms with E-state index in [4.69, 9.17) is 17.3 Å². The van der Waals surface area contributed by atoms with E-state index in [1.807, 2.05) is 24.3 Å². The molecule has 0 fully saturated rings. The second-order valence-electron chi connectivity index (χ2n) is 5.54. The zero-order valence-electron chi connectivity index (χ0n) is 12.4. The normalized spacial score (nSPS) is 14.6. The van der Waals surface area contributed by atoms with Gasteiger partial charge in [-0.1, -0.05) is 23.7 Å². The van der Waals surface area contributed by atoms with E-state index in [1.54, 1.807) is 0 Å². The molecule has 116 valence electrons. The van der Waals surface area contributed by atoms with Gasteiger partial charge in [-0.3, -0.25) is 4.79 Å². The van der Waals surface area contributed by atoms with Gasteiger partial charge in [0, 0.05) is 29.5 Å². The van der Waals surface area contributed by atoms with Crippen molar-refractivity contribution in [3.8, 4) is 0 Å². The van der Waals surface area contributed by atoms with Crippen molar-refractivity contribution >= 4 is 33.8 Å². The number of nitrogens with one attached hydrogen (secondary N) is 1. The molecule has 1 aromatic carbocycles. The Morgan fingerprint density at radius 3 is 2.86 bits per heavy atom. The van der Waals surface area contributed by atoms with E-state index >= 15 is 0 Å². The van der Waals surface area contributed by atoms with Gasteiger partial charge in [-0.25, -0.2) is 0 Å². The summed E-state index contributed by atoms with van der Waals surface area (Å²) in [6.45, 7) is 2.30. The van der Waals surface area contributed by atoms with Crippen LogP contribution in [0.15, 0.2) is 24.3 Å². The molecule has 0 radical (unpaired) electrons. The molecule has 1 aliphatic heterocycles. The van der Waals surface area contributed by atoms with Crippen molar-refractivity contribution in [1.82, 2.24) is 10.2 Å². The highest BCUT2D eigenvalue weighted by Gasteiger charge is 2.25. The first-order valence-electron chi connectivity index (χ1n) is 7.16. The summed E-state index contributed by atoms with van der Waals surface area (Å²) in [6.07, 6.45) is 0.878. The van der Waals surface area contributed by atoms with Crippen LogP contribution in [0.5, 0.6) is 0 Å². The van der Waals surface area contributed by atoms with Crippen LogP contribution in [-0.2, 0) is 19.5 Å². The van der Waals surface area contributed by atoms with Gasteiger partial charge in [0.25, 0.3) is 5.91 Å². The van der Waals surface area contributed by atoms with Crippen molar-refractivity contribution in [2.75, 3.05) is 19.3 Å². The number of amides is 1. The second-order valence-corrected chi connectivity index (χ2v) is 7.11. The third kappa shape index (κ3) is 3.11. The monoisotopic (exact) mass is 335 g/mol. The fourth-order valence-corrected chi connectivity index (χ4v) is 4.00. The van der Waals surface area contributed by atoms with Crippen LogP contribution in [0, 0.1) is 0 Å². The molecule has 22 heavy (non-hydrogen) atoms. The molecule has 0 atom stereocenters. The topological polar surface area (TPSA) is 58.4 Å². The number of carbonyl (C=O) groups excluding carboxylic acids is 1. The van der Waals surface area contributed by atoms with E-state index in [0.29, 0.717) is 22.1 Å². The van der Waals surface area contributed by atoms with Crippen LogP contribution < -0.4 is 11.1 Å². The lowest BCUT2D eigenvalue weighted by atomic mass is 10.0. The molecule has 2 heterocycles. The number of fused-ring (bicyclic) bond motifs is 1. The van der Waals surface area contributed by atoms with Crippen molar-refractivity contribution < 1.29 is 4.79 Å². The van der Waals surface area contributed by atoms with Crippen molar-refractivity contribution in [2.45, 2.75) is 19.5 Å². The highest BCUT2D eigenvalue weighted by atomic mass is 35.5. The lowest BCUT2D eigenvalue weighted by molar-refractivity contribution is 0.0950. The molecule has 3 N–H and O–H groups in total. The van der Waals surface area contributed by atoms with Crippen molar-refractivity contribution in [3.05, 3.63) is 50.9 Å². The SMILES string of the molecule is CN1CCc2c(sc(N)c2C(=O)NCc2ccc(Cl)cc2)C1. The highest BCUT2D eigenvalue weighted by molar-refractivity contribution is 7.16. The molecule has 1 aliphatic rings. The largest absolute Gasteiger partial charge is 0.390 e. The first-order valence-corrected chi connectivity index (χ1v) is 8.35. The molecular weight excluding hydrogens is 318 g/mol. The number of nitrogens with two attached hydrogens (primary N) is 1. The lowest BCUT2D eigenvalue weighted by Gasteiger charge is -2.22. The number of hydrogen-bond acceptors (Lipinski definition) is 4. The number of anilines is 1. The third-order valence-corrected chi connectivity index (χ3v) is 5.17. The molecular formula is C16H18ClN3OS. The number of nitrogen functional groups attached to an aromatic ring is 1.